The number of carbonyl (C=O) groups excluding carboxylic acids is 1. The van der Waals surface area contributed by atoms with E-state index in [4.69, 9.17) is 0 Å². The molecule has 0 fully saturated rings. The Morgan fingerprint density at radius 1 is 1.80 bits per heavy atom. The van der Waals surface area contributed by atoms with E-state index < -0.39 is 5.97 Å². The number of esters is 1. The fourth-order valence-electron chi connectivity index (χ4n) is 0.468. The van der Waals surface area contributed by atoms with E-state index in [2.05, 4.69) is 20.8 Å². The first-order chi connectivity index (χ1) is 4.84. The maximum atomic E-state index is 10.7. The number of hydrogen-bond donors (Lipinski definition) is 0. The molecule has 4 nitrogen and oxygen atoms in total. The largest absolute Gasteiger partial charge is 0.464 e. The third kappa shape index (κ3) is 1.28. The lowest BCUT2D eigenvalue weighted by Crippen LogP contribution is -2.03. The van der Waals surface area contributed by atoms with Gasteiger partial charge in [0.05, 0.1) is 7.11 Å². The SMILES string of the molecule is COC(=O)c1[c]cncn1. The smallest absolute Gasteiger partial charge is 0.357 e. The molecule has 10 heavy (non-hydrogen) atoms. The summed E-state index contributed by atoms with van der Waals surface area (Å²) in [5.41, 5.74) is 0.150. The Morgan fingerprint density at radius 2 is 2.60 bits per heavy atom. The van der Waals surface area contributed by atoms with Gasteiger partial charge >= 0.3 is 5.97 Å². The third-order valence-corrected chi connectivity index (χ3v) is 0.908. The molecule has 0 N–H and O–H groups in total. The van der Waals surface area contributed by atoms with Gasteiger partial charge in [-0.05, 0) is 0 Å². The van der Waals surface area contributed by atoms with Gasteiger partial charge in [0, 0.05) is 12.3 Å². The van der Waals surface area contributed by atoms with Crippen molar-refractivity contribution in [3.8, 4) is 0 Å². The van der Waals surface area contributed by atoms with E-state index in [9.17, 15) is 4.79 Å². The van der Waals surface area contributed by atoms with E-state index in [0.29, 0.717) is 0 Å². The lowest BCUT2D eigenvalue weighted by atomic mass is 10.4. The summed E-state index contributed by atoms with van der Waals surface area (Å²) in [4.78, 5) is 17.9. The van der Waals surface area contributed by atoms with Crippen molar-refractivity contribution in [3.63, 3.8) is 0 Å². The number of methoxy groups -OCH3 is 1. The highest BCUT2D eigenvalue weighted by Gasteiger charge is 2.04. The van der Waals surface area contributed by atoms with Crippen molar-refractivity contribution in [1.82, 2.24) is 9.97 Å². The molecule has 4 heteroatoms. The highest BCUT2D eigenvalue weighted by molar-refractivity contribution is 5.86. The van der Waals surface area contributed by atoms with Crippen LogP contribution in [0.4, 0.5) is 0 Å². The summed E-state index contributed by atoms with van der Waals surface area (Å²) in [7, 11) is 1.29. The Labute approximate surface area is 57.9 Å². The average molecular weight is 137 g/mol. The molecule has 1 rings (SSSR count). The summed E-state index contributed by atoms with van der Waals surface area (Å²) in [5, 5.41) is 0. The molecular weight excluding hydrogens is 132 g/mol. The molecule has 0 aromatic carbocycles. The molecule has 0 aliphatic heterocycles. The zero-order chi connectivity index (χ0) is 7.40. The number of aromatic nitrogens is 2. The quantitative estimate of drug-likeness (QED) is 0.514. The molecule has 0 saturated carbocycles. The average Bonchev–Trinajstić information content (AvgIpc) is 2.05. The van der Waals surface area contributed by atoms with E-state index >= 15 is 0 Å². The second-order valence-electron chi connectivity index (χ2n) is 1.51. The van der Waals surface area contributed by atoms with Crippen molar-refractivity contribution in [3.05, 3.63) is 24.3 Å². The zero-order valence-electron chi connectivity index (χ0n) is 5.37. The number of ether oxygens (including phenoxy) is 1. The molecule has 1 aromatic rings. The minimum absolute atomic E-state index is 0.150. The lowest BCUT2D eigenvalue weighted by Gasteiger charge is -1.93. The number of nitrogens with zero attached hydrogens (tertiary/aromatic N) is 2. The Bertz CT molecular complexity index is 222. The summed E-state index contributed by atoms with van der Waals surface area (Å²) in [6, 6.07) is 2.52. The van der Waals surface area contributed by atoms with Gasteiger partial charge in [-0.1, -0.05) is 0 Å². The van der Waals surface area contributed by atoms with Gasteiger partial charge in [0.15, 0.2) is 5.69 Å². The topological polar surface area (TPSA) is 52.1 Å². The van der Waals surface area contributed by atoms with Gasteiger partial charge in [-0.15, -0.1) is 0 Å². The molecule has 1 heterocycles. The van der Waals surface area contributed by atoms with Crippen LogP contribution in [-0.4, -0.2) is 23.0 Å². The van der Waals surface area contributed by atoms with Gasteiger partial charge < -0.3 is 4.74 Å². The lowest BCUT2D eigenvalue weighted by molar-refractivity contribution is 0.0593. The highest BCUT2D eigenvalue weighted by atomic mass is 16.5. The van der Waals surface area contributed by atoms with E-state index in [1.807, 2.05) is 0 Å². The fraction of sp³-hybridized carbons (Fsp3) is 0.167. The standard InChI is InChI=1S/C6H5N2O2/c1-10-6(9)5-2-3-7-4-8-5/h3-4H,1H3. The van der Waals surface area contributed by atoms with Crippen molar-refractivity contribution in [1.29, 1.82) is 0 Å². The van der Waals surface area contributed by atoms with Gasteiger partial charge in [-0.3, -0.25) is 0 Å². The maximum absolute atomic E-state index is 10.7. The van der Waals surface area contributed by atoms with E-state index in [1.54, 1.807) is 0 Å². The van der Waals surface area contributed by atoms with Gasteiger partial charge in [0.2, 0.25) is 0 Å². The Hall–Kier alpha value is -1.45. The van der Waals surface area contributed by atoms with Gasteiger partial charge in [0.25, 0.3) is 0 Å². The van der Waals surface area contributed by atoms with Crippen molar-refractivity contribution >= 4 is 5.97 Å². The van der Waals surface area contributed by atoms with Crippen molar-refractivity contribution < 1.29 is 9.53 Å². The monoisotopic (exact) mass is 137 g/mol. The zero-order valence-corrected chi connectivity index (χ0v) is 5.37. The van der Waals surface area contributed by atoms with E-state index in [0.717, 1.165) is 0 Å². The second-order valence-corrected chi connectivity index (χ2v) is 1.51. The van der Waals surface area contributed by atoms with Crippen LogP contribution in [0.3, 0.4) is 0 Å². The first-order valence-electron chi connectivity index (χ1n) is 2.60. The molecule has 1 radical (unpaired) electrons. The minimum atomic E-state index is -0.498. The predicted molar refractivity (Wildman–Crippen MR) is 32.2 cm³/mol. The van der Waals surface area contributed by atoms with Crippen LogP contribution in [0.1, 0.15) is 10.5 Å². The fourth-order valence-corrected chi connectivity index (χ4v) is 0.468. The Balaban J connectivity index is 2.85. The first-order valence-corrected chi connectivity index (χ1v) is 2.60. The second kappa shape index (κ2) is 2.91. The summed E-state index contributed by atoms with van der Waals surface area (Å²) >= 11 is 0. The molecule has 0 aliphatic rings. The molecule has 51 valence electrons. The molecule has 0 atom stereocenters. The van der Waals surface area contributed by atoms with Crippen LogP contribution in [0.5, 0.6) is 0 Å². The van der Waals surface area contributed by atoms with E-state index in [-0.39, 0.29) is 5.69 Å². The van der Waals surface area contributed by atoms with Crippen molar-refractivity contribution in [2.45, 2.75) is 0 Å². The van der Waals surface area contributed by atoms with Crippen LogP contribution in [0.25, 0.3) is 0 Å². The first kappa shape index (κ1) is 6.67. The van der Waals surface area contributed by atoms with Crippen molar-refractivity contribution in [2.24, 2.45) is 0 Å². The van der Waals surface area contributed by atoms with Crippen LogP contribution in [0, 0.1) is 6.07 Å². The predicted octanol–water partition coefficient (Wildman–Crippen LogP) is 0.0634. The van der Waals surface area contributed by atoms with Crippen molar-refractivity contribution in [2.75, 3.05) is 7.11 Å². The summed E-state index contributed by atoms with van der Waals surface area (Å²) in [6.07, 6.45) is 2.63. The summed E-state index contributed by atoms with van der Waals surface area (Å²) in [6.45, 7) is 0. The van der Waals surface area contributed by atoms with Crippen LogP contribution >= 0.6 is 0 Å². The van der Waals surface area contributed by atoms with Crippen LogP contribution in [-0.2, 0) is 4.74 Å². The number of hydrogen-bond acceptors (Lipinski definition) is 4. The Morgan fingerprint density at radius 3 is 3.10 bits per heavy atom. The van der Waals surface area contributed by atoms with Gasteiger partial charge in [-0.2, -0.15) is 0 Å². The molecule has 0 spiro atoms. The molecular formula is C6H5N2O2. The normalized spacial score (nSPS) is 8.90. The van der Waals surface area contributed by atoms with Crippen LogP contribution in [0.15, 0.2) is 12.5 Å². The van der Waals surface area contributed by atoms with Gasteiger partial charge in [-0.25, -0.2) is 14.8 Å². The van der Waals surface area contributed by atoms with Gasteiger partial charge in [0.1, 0.15) is 6.33 Å². The molecule has 0 bridgehead atoms. The maximum Gasteiger partial charge on any atom is 0.357 e. The third-order valence-electron chi connectivity index (χ3n) is 0.908. The number of carbonyl (C=O) groups is 1. The van der Waals surface area contributed by atoms with Crippen LogP contribution < -0.4 is 0 Å². The van der Waals surface area contributed by atoms with Crippen LogP contribution in [0.2, 0.25) is 0 Å². The minimum Gasteiger partial charge on any atom is -0.464 e. The molecule has 0 aliphatic carbocycles. The number of rotatable bonds is 1. The highest BCUT2D eigenvalue weighted by Crippen LogP contribution is 1.90. The molecule has 1 aromatic heterocycles. The molecule has 0 amide bonds. The Kier molecular flexibility index (Phi) is 1.94. The summed E-state index contributed by atoms with van der Waals surface area (Å²) < 4.78 is 4.38. The van der Waals surface area contributed by atoms with E-state index in [1.165, 1.54) is 19.6 Å². The summed E-state index contributed by atoms with van der Waals surface area (Å²) in [5.74, 6) is -0.498. The molecule has 0 unspecified atom stereocenters. The molecule has 0 saturated heterocycles.